The minimum Gasteiger partial charge on any atom is -0.467 e. The first kappa shape index (κ1) is 16.5. The van der Waals surface area contributed by atoms with Crippen LogP contribution < -0.4 is 0 Å². The second kappa shape index (κ2) is 7.40. The largest absolute Gasteiger partial charge is 0.467 e. The van der Waals surface area contributed by atoms with E-state index < -0.39 is 0 Å². The van der Waals surface area contributed by atoms with E-state index in [0.717, 1.165) is 10.2 Å². The van der Waals surface area contributed by atoms with Gasteiger partial charge in [-0.25, -0.2) is 0 Å². The van der Waals surface area contributed by atoms with Gasteiger partial charge in [-0.1, -0.05) is 28.1 Å². The number of Topliss-reactive ketones (excluding diaryl/α,β-unsaturated/α-hetero) is 1. The molecule has 5 heteroatoms. The van der Waals surface area contributed by atoms with E-state index in [4.69, 9.17) is 4.42 Å². The van der Waals surface area contributed by atoms with E-state index in [1.165, 1.54) is 0 Å². The number of hydrogen-bond acceptors (Lipinski definition) is 3. The Morgan fingerprint density at radius 1 is 1.18 bits per heavy atom. The summed E-state index contributed by atoms with van der Waals surface area (Å²) in [6, 6.07) is 10.6. The van der Waals surface area contributed by atoms with Crippen molar-refractivity contribution in [2.24, 2.45) is 0 Å². The molecular formula is C17H18BrNO3. The van der Waals surface area contributed by atoms with Gasteiger partial charge in [-0.3, -0.25) is 9.59 Å². The van der Waals surface area contributed by atoms with E-state index in [-0.39, 0.29) is 30.6 Å². The van der Waals surface area contributed by atoms with Crippen molar-refractivity contribution in [1.82, 2.24) is 4.90 Å². The molecule has 0 aliphatic heterocycles. The van der Waals surface area contributed by atoms with Crippen molar-refractivity contribution in [3.63, 3.8) is 0 Å². The Morgan fingerprint density at radius 3 is 2.45 bits per heavy atom. The number of hydrogen-bond donors (Lipinski definition) is 0. The van der Waals surface area contributed by atoms with Gasteiger partial charge < -0.3 is 9.32 Å². The molecule has 1 atom stereocenters. The van der Waals surface area contributed by atoms with Gasteiger partial charge in [-0.2, -0.15) is 0 Å². The number of furan rings is 1. The summed E-state index contributed by atoms with van der Waals surface area (Å²) < 4.78 is 6.23. The fourth-order valence-corrected chi connectivity index (χ4v) is 2.38. The predicted molar refractivity (Wildman–Crippen MR) is 87.6 cm³/mol. The van der Waals surface area contributed by atoms with Gasteiger partial charge in [0.25, 0.3) is 0 Å². The van der Waals surface area contributed by atoms with Crippen LogP contribution in [0.2, 0.25) is 0 Å². The Balaban J connectivity index is 1.89. The second-order valence-electron chi connectivity index (χ2n) is 5.13. The first-order valence-electron chi connectivity index (χ1n) is 7.07. The number of amides is 1. The predicted octanol–water partition coefficient (Wildman–Crippen LogP) is 4.22. The number of benzene rings is 1. The molecule has 0 bridgehead atoms. The van der Waals surface area contributed by atoms with E-state index in [2.05, 4.69) is 15.9 Å². The monoisotopic (exact) mass is 363 g/mol. The summed E-state index contributed by atoms with van der Waals surface area (Å²) in [6.07, 6.45) is 1.98. The SMILES string of the molecule is CC(c1ccco1)N(C)C(=O)CCC(=O)c1ccc(Br)cc1. The molecule has 0 N–H and O–H groups in total. The Kier molecular flexibility index (Phi) is 5.55. The Labute approximate surface area is 138 Å². The minimum atomic E-state index is -0.148. The van der Waals surface area contributed by atoms with Gasteiger partial charge in [0.15, 0.2) is 5.78 Å². The molecule has 0 aliphatic rings. The fraction of sp³-hybridized carbons (Fsp3) is 0.294. The van der Waals surface area contributed by atoms with Crippen LogP contribution in [0.1, 0.15) is 41.9 Å². The van der Waals surface area contributed by atoms with Crippen LogP contribution in [0.3, 0.4) is 0 Å². The molecule has 2 aromatic rings. The third-order valence-corrected chi connectivity index (χ3v) is 4.19. The van der Waals surface area contributed by atoms with Gasteiger partial charge in [-0.15, -0.1) is 0 Å². The Hall–Kier alpha value is -1.88. The number of halogens is 1. The lowest BCUT2D eigenvalue weighted by Gasteiger charge is -2.23. The number of nitrogens with zero attached hydrogens (tertiary/aromatic N) is 1. The van der Waals surface area contributed by atoms with Crippen molar-refractivity contribution in [3.8, 4) is 0 Å². The maximum absolute atomic E-state index is 12.2. The van der Waals surface area contributed by atoms with Gasteiger partial charge in [0.1, 0.15) is 5.76 Å². The van der Waals surface area contributed by atoms with Crippen LogP contribution in [0.4, 0.5) is 0 Å². The summed E-state index contributed by atoms with van der Waals surface area (Å²) in [4.78, 5) is 25.9. The molecule has 1 heterocycles. The molecule has 4 nitrogen and oxygen atoms in total. The second-order valence-corrected chi connectivity index (χ2v) is 6.04. The highest BCUT2D eigenvalue weighted by atomic mass is 79.9. The highest BCUT2D eigenvalue weighted by molar-refractivity contribution is 9.10. The van der Waals surface area contributed by atoms with Crippen LogP contribution in [0.5, 0.6) is 0 Å². The molecular weight excluding hydrogens is 346 g/mol. The topological polar surface area (TPSA) is 50.5 Å². The lowest BCUT2D eigenvalue weighted by Crippen LogP contribution is -2.29. The Morgan fingerprint density at radius 2 is 1.86 bits per heavy atom. The summed E-state index contributed by atoms with van der Waals surface area (Å²) in [7, 11) is 1.72. The molecule has 116 valence electrons. The van der Waals surface area contributed by atoms with Crippen molar-refractivity contribution >= 4 is 27.6 Å². The first-order chi connectivity index (χ1) is 10.5. The quantitative estimate of drug-likeness (QED) is 0.721. The van der Waals surface area contributed by atoms with Gasteiger partial charge in [-0.05, 0) is 31.2 Å². The lowest BCUT2D eigenvalue weighted by atomic mass is 10.1. The van der Waals surface area contributed by atoms with Crippen LogP contribution in [0, 0.1) is 0 Å². The van der Waals surface area contributed by atoms with Crippen LogP contribution in [0.25, 0.3) is 0 Å². The maximum Gasteiger partial charge on any atom is 0.223 e. The van der Waals surface area contributed by atoms with Crippen molar-refractivity contribution in [1.29, 1.82) is 0 Å². The third-order valence-electron chi connectivity index (χ3n) is 3.66. The van der Waals surface area contributed by atoms with Crippen molar-refractivity contribution < 1.29 is 14.0 Å². The highest BCUT2D eigenvalue weighted by Crippen LogP contribution is 2.20. The summed E-state index contributed by atoms with van der Waals surface area (Å²) in [5.74, 6) is 0.629. The van der Waals surface area contributed by atoms with E-state index in [0.29, 0.717) is 5.56 Å². The Bertz CT molecular complexity index is 634. The van der Waals surface area contributed by atoms with E-state index in [9.17, 15) is 9.59 Å². The van der Waals surface area contributed by atoms with Crippen LogP contribution >= 0.6 is 15.9 Å². The van der Waals surface area contributed by atoms with Crippen LogP contribution in [0.15, 0.2) is 51.6 Å². The molecule has 0 spiro atoms. The molecule has 0 aliphatic carbocycles. The van der Waals surface area contributed by atoms with Gasteiger partial charge in [0.2, 0.25) is 5.91 Å². The average molecular weight is 364 g/mol. The molecule has 0 radical (unpaired) electrons. The fourth-order valence-electron chi connectivity index (χ4n) is 2.11. The zero-order chi connectivity index (χ0) is 16.1. The molecule has 1 aromatic carbocycles. The molecule has 0 saturated heterocycles. The molecule has 1 aromatic heterocycles. The van der Waals surface area contributed by atoms with Crippen molar-refractivity contribution in [2.45, 2.75) is 25.8 Å². The van der Waals surface area contributed by atoms with E-state index in [1.54, 1.807) is 36.4 Å². The zero-order valence-corrected chi connectivity index (χ0v) is 14.2. The number of ketones is 1. The highest BCUT2D eigenvalue weighted by Gasteiger charge is 2.20. The number of carbonyl (C=O) groups excluding carboxylic acids is 2. The summed E-state index contributed by atoms with van der Waals surface area (Å²) in [5.41, 5.74) is 0.623. The van der Waals surface area contributed by atoms with Crippen LogP contribution in [-0.2, 0) is 4.79 Å². The van der Waals surface area contributed by atoms with Crippen molar-refractivity contribution in [2.75, 3.05) is 7.05 Å². The summed E-state index contributed by atoms with van der Waals surface area (Å²) >= 11 is 3.33. The maximum atomic E-state index is 12.2. The summed E-state index contributed by atoms with van der Waals surface area (Å²) in [6.45, 7) is 1.90. The van der Waals surface area contributed by atoms with E-state index >= 15 is 0 Å². The molecule has 0 fully saturated rings. The minimum absolute atomic E-state index is 0.0279. The van der Waals surface area contributed by atoms with Gasteiger partial charge >= 0.3 is 0 Å². The molecule has 2 rings (SSSR count). The smallest absolute Gasteiger partial charge is 0.223 e. The van der Waals surface area contributed by atoms with Crippen LogP contribution in [-0.4, -0.2) is 23.6 Å². The van der Waals surface area contributed by atoms with Crippen molar-refractivity contribution in [3.05, 3.63) is 58.5 Å². The molecule has 22 heavy (non-hydrogen) atoms. The first-order valence-corrected chi connectivity index (χ1v) is 7.86. The average Bonchev–Trinajstić information content (AvgIpc) is 3.05. The number of carbonyl (C=O) groups is 2. The van der Waals surface area contributed by atoms with E-state index in [1.807, 2.05) is 25.1 Å². The van der Waals surface area contributed by atoms with Gasteiger partial charge in [0, 0.05) is 29.9 Å². The lowest BCUT2D eigenvalue weighted by molar-refractivity contribution is -0.132. The van der Waals surface area contributed by atoms with Gasteiger partial charge in [0.05, 0.1) is 12.3 Å². The molecule has 0 saturated carbocycles. The normalized spacial score (nSPS) is 12.0. The third kappa shape index (κ3) is 4.07. The molecule has 1 amide bonds. The number of rotatable bonds is 6. The standard InChI is InChI=1S/C17H18BrNO3/c1-12(16-4-3-11-22-16)19(2)17(21)10-9-15(20)13-5-7-14(18)8-6-13/h3-8,11-12H,9-10H2,1-2H3. The summed E-state index contributed by atoms with van der Waals surface area (Å²) in [5, 5.41) is 0. The molecule has 1 unspecified atom stereocenters. The zero-order valence-electron chi connectivity index (χ0n) is 12.6.